The summed E-state index contributed by atoms with van der Waals surface area (Å²) in [6.07, 6.45) is 7.04. The van der Waals surface area contributed by atoms with E-state index in [2.05, 4.69) is 40.7 Å². The molecule has 0 spiro atoms. The zero-order chi connectivity index (χ0) is 8.67. The molecule has 0 fully saturated rings. The van der Waals surface area contributed by atoms with E-state index in [0.717, 1.165) is 0 Å². The number of rotatable bonds is 0. The SMILES string of the molecule is C1=CN2c3ccccc3CCC2N1. The van der Waals surface area contributed by atoms with E-state index in [1.807, 2.05) is 6.20 Å². The minimum absolute atomic E-state index is 0.495. The van der Waals surface area contributed by atoms with Crippen LogP contribution in [-0.2, 0) is 6.42 Å². The van der Waals surface area contributed by atoms with Crippen LogP contribution in [0.3, 0.4) is 0 Å². The number of hydrogen-bond acceptors (Lipinski definition) is 2. The van der Waals surface area contributed by atoms with E-state index in [9.17, 15) is 0 Å². The van der Waals surface area contributed by atoms with Gasteiger partial charge < -0.3 is 10.2 Å². The first-order valence-electron chi connectivity index (χ1n) is 4.74. The lowest BCUT2D eigenvalue weighted by molar-refractivity contribution is 0.552. The number of nitrogens with one attached hydrogen (secondary N) is 1. The Balaban J connectivity index is 2.10. The maximum Gasteiger partial charge on any atom is 0.103 e. The van der Waals surface area contributed by atoms with Gasteiger partial charge in [0.2, 0.25) is 0 Å². The summed E-state index contributed by atoms with van der Waals surface area (Å²) in [5, 5.41) is 3.34. The predicted octanol–water partition coefficient (Wildman–Crippen LogP) is 1.84. The van der Waals surface area contributed by atoms with Crippen molar-refractivity contribution in [2.24, 2.45) is 0 Å². The molecular weight excluding hydrogens is 160 g/mol. The van der Waals surface area contributed by atoms with Crippen LogP contribution in [0.1, 0.15) is 12.0 Å². The first kappa shape index (κ1) is 7.01. The van der Waals surface area contributed by atoms with E-state index < -0.39 is 0 Å². The smallest absolute Gasteiger partial charge is 0.103 e. The monoisotopic (exact) mass is 172 g/mol. The van der Waals surface area contributed by atoms with E-state index in [-0.39, 0.29) is 0 Å². The molecule has 0 bridgehead atoms. The first-order valence-corrected chi connectivity index (χ1v) is 4.74. The number of nitrogens with zero attached hydrogens (tertiary/aromatic N) is 1. The number of anilines is 1. The lowest BCUT2D eigenvalue weighted by Crippen LogP contribution is -2.38. The molecule has 2 aliphatic heterocycles. The fourth-order valence-corrected chi connectivity index (χ4v) is 2.16. The highest BCUT2D eigenvalue weighted by Gasteiger charge is 2.25. The summed E-state index contributed by atoms with van der Waals surface area (Å²) < 4.78 is 0. The summed E-state index contributed by atoms with van der Waals surface area (Å²) in [6.45, 7) is 0. The molecule has 0 saturated carbocycles. The molecule has 3 rings (SSSR count). The van der Waals surface area contributed by atoms with Crippen LogP contribution in [0, 0.1) is 0 Å². The highest BCUT2D eigenvalue weighted by Crippen LogP contribution is 2.31. The molecule has 0 saturated heterocycles. The molecule has 1 atom stereocenters. The molecule has 66 valence electrons. The van der Waals surface area contributed by atoms with Crippen molar-refractivity contribution < 1.29 is 0 Å². The third kappa shape index (κ3) is 0.949. The average molecular weight is 172 g/mol. The summed E-state index contributed by atoms with van der Waals surface area (Å²) in [6, 6.07) is 8.64. The Hall–Kier alpha value is -1.44. The summed E-state index contributed by atoms with van der Waals surface area (Å²) in [4.78, 5) is 2.32. The fourth-order valence-electron chi connectivity index (χ4n) is 2.16. The Morgan fingerprint density at radius 3 is 3.23 bits per heavy atom. The van der Waals surface area contributed by atoms with E-state index in [1.165, 1.54) is 24.1 Å². The van der Waals surface area contributed by atoms with E-state index in [4.69, 9.17) is 0 Å². The summed E-state index contributed by atoms with van der Waals surface area (Å²) in [5.41, 5.74) is 2.83. The Kier molecular flexibility index (Phi) is 1.36. The van der Waals surface area contributed by atoms with Crippen molar-refractivity contribution in [2.75, 3.05) is 4.90 Å². The van der Waals surface area contributed by atoms with Crippen molar-refractivity contribution in [2.45, 2.75) is 19.0 Å². The predicted molar refractivity (Wildman–Crippen MR) is 53.3 cm³/mol. The minimum Gasteiger partial charge on any atom is -0.370 e. The van der Waals surface area contributed by atoms with Gasteiger partial charge in [0.15, 0.2) is 0 Å². The zero-order valence-electron chi connectivity index (χ0n) is 7.40. The molecule has 0 aromatic heterocycles. The molecule has 2 heterocycles. The van der Waals surface area contributed by atoms with Crippen molar-refractivity contribution in [3.05, 3.63) is 42.2 Å². The molecule has 1 N–H and O–H groups in total. The Labute approximate surface area is 77.9 Å². The standard InChI is InChI=1S/C11H12N2/c1-2-4-10-9(3-1)5-6-11-12-7-8-13(10)11/h1-4,7-8,11-12H,5-6H2. The van der Waals surface area contributed by atoms with Crippen LogP contribution in [0.15, 0.2) is 36.7 Å². The molecule has 0 amide bonds. The molecule has 1 unspecified atom stereocenters. The minimum atomic E-state index is 0.495. The lowest BCUT2D eigenvalue weighted by atomic mass is 10.0. The van der Waals surface area contributed by atoms with Gasteiger partial charge in [0.05, 0.1) is 0 Å². The molecule has 0 aliphatic carbocycles. The van der Waals surface area contributed by atoms with Crippen LogP contribution < -0.4 is 10.2 Å². The van der Waals surface area contributed by atoms with Gasteiger partial charge >= 0.3 is 0 Å². The van der Waals surface area contributed by atoms with Crippen molar-refractivity contribution in [3.63, 3.8) is 0 Å². The molecular formula is C11H12N2. The quantitative estimate of drug-likeness (QED) is 0.642. The van der Waals surface area contributed by atoms with Gasteiger partial charge in [-0.05, 0) is 24.5 Å². The summed E-state index contributed by atoms with van der Waals surface area (Å²) >= 11 is 0. The first-order chi connectivity index (χ1) is 6.45. The third-order valence-electron chi connectivity index (χ3n) is 2.82. The molecule has 2 nitrogen and oxygen atoms in total. The second kappa shape index (κ2) is 2.52. The molecule has 0 radical (unpaired) electrons. The van der Waals surface area contributed by atoms with Crippen molar-refractivity contribution in [1.29, 1.82) is 0 Å². The fraction of sp³-hybridized carbons (Fsp3) is 0.273. The normalized spacial score (nSPS) is 23.7. The topological polar surface area (TPSA) is 15.3 Å². The number of para-hydroxylation sites is 1. The molecule has 1 aromatic rings. The van der Waals surface area contributed by atoms with Crippen molar-refractivity contribution in [1.82, 2.24) is 5.32 Å². The van der Waals surface area contributed by atoms with Crippen molar-refractivity contribution in [3.8, 4) is 0 Å². The second-order valence-electron chi connectivity index (χ2n) is 3.57. The van der Waals surface area contributed by atoms with Gasteiger partial charge in [-0.1, -0.05) is 18.2 Å². The van der Waals surface area contributed by atoms with Crippen LogP contribution in [0.4, 0.5) is 5.69 Å². The van der Waals surface area contributed by atoms with Gasteiger partial charge in [-0.15, -0.1) is 0 Å². The molecule has 2 heteroatoms. The van der Waals surface area contributed by atoms with Crippen LogP contribution in [0.2, 0.25) is 0 Å². The zero-order valence-corrected chi connectivity index (χ0v) is 7.40. The van der Waals surface area contributed by atoms with Crippen LogP contribution in [0.25, 0.3) is 0 Å². The molecule has 1 aromatic carbocycles. The van der Waals surface area contributed by atoms with Crippen LogP contribution >= 0.6 is 0 Å². The van der Waals surface area contributed by atoms with Gasteiger partial charge in [-0.2, -0.15) is 0 Å². The van der Waals surface area contributed by atoms with Gasteiger partial charge in [0.25, 0.3) is 0 Å². The Morgan fingerprint density at radius 2 is 2.23 bits per heavy atom. The lowest BCUT2D eigenvalue weighted by Gasteiger charge is -2.32. The number of aryl methyl sites for hydroxylation is 1. The maximum atomic E-state index is 3.34. The van der Waals surface area contributed by atoms with Gasteiger partial charge in [0, 0.05) is 18.1 Å². The Morgan fingerprint density at radius 1 is 1.31 bits per heavy atom. The molecule has 2 aliphatic rings. The van der Waals surface area contributed by atoms with Gasteiger partial charge in [0.1, 0.15) is 6.17 Å². The number of benzene rings is 1. The highest BCUT2D eigenvalue weighted by molar-refractivity contribution is 5.59. The second-order valence-corrected chi connectivity index (χ2v) is 3.57. The van der Waals surface area contributed by atoms with Gasteiger partial charge in [-0.25, -0.2) is 0 Å². The number of hydrogen-bond donors (Lipinski definition) is 1. The number of fused-ring (bicyclic) bond motifs is 3. The summed E-state index contributed by atoms with van der Waals surface area (Å²) in [7, 11) is 0. The largest absolute Gasteiger partial charge is 0.370 e. The summed E-state index contributed by atoms with van der Waals surface area (Å²) in [5.74, 6) is 0. The van der Waals surface area contributed by atoms with Crippen molar-refractivity contribution >= 4 is 5.69 Å². The highest BCUT2D eigenvalue weighted by atomic mass is 15.3. The molecule has 13 heavy (non-hydrogen) atoms. The van der Waals surface area contributed by atoms with E-state index in [1.54, 1.807) is 0 Å². The van der Waals surface area contributed by atoms with Crippen LogP contribution in [0.5, 0.6) is 0 Å². The maximum absolute atomic E-state index is 3.34. The van der Waals surface area contributed by atoms with Crippen LogP contribution in [-0.4, -0.2) is 6.17 Å². The van der Waals surface area contributed by atoms with E-state index in [0.29, 0.717) is 6.17 Å². The average Bonchev–Trinajstić information content (AvgIpc) is 2.65. The third-order valence-corrected chi connectivity index (χ3v) is 2.82. The van der Waals surface area contributed by atoms with E-state index >= 15 is 0 Å². The Bertz CT molecular complexity index is 357. The van der Waals surface area contributed by atoms with Gasteiger partial charge in [-0.3, -0.25) is 0 Å².